The maximum atomic E-state index is 12.5. The first kappa shape index (κ1) is 27.2. The van der Waals surface area contributed by atoms with Gasteiger partial charge in [0, 0.05) is 6.54 Å². The van der Waals surface area contributed by atoms with Crippen LogP contribution < -0.4 is 21.5 Å². The first-order chi connectivity index (χ1) is 17.4. The van der Waals surface area contributed by atoms with Crippen LogP contribution in [0.25, 0.3) is 11.2 Å². The smallest absolute Gasteiger partial charge is 0.323 e. The highest BCUT2D eigenvalue weighted by Crippen LogP contribution is 2.26. The van der Waals surface area contributed by atoms with Crippen LogP contribution in [0.1, 0.15) is 19.4 Å². The van der Waals surface area contributed by atoms with Gasteiger partial charge < -0.3 is 24.5 Å². The van der Waals surface area contributed by atoms with Crippen LogP contribution in [0.4, 0.5) is 5.95 Å². The molecule has 5 N–H and O–H groups in total. The number of nitrogen functional groups attached to an aromatic ring is 1. The molecule has 0 saturated heterocycles. The number of nitrogens with two attached hydrogens (primary N) is 1. The summed E-state index contributed by atoms with van der Waals surface area (Å²) in [4.78, 5) is 46.8. The molecular weight excluding hydrogens is 489 g/mol. The molecular formula is C22H30N7O6P. The summed E-state index contributed by atoms with van der Waals surface area (Å²) in [7, 11) is -1.29. The van der Waals surface area contributed by atoms with Crippen LogP contribution in [-0.4, -0.2) is 63.6 Å². The second-order valence-corrected chi connectivity index (χ2v) is 9.30. The van der Waals surface area contributed by atoms with Gasteiger partial charge in [0.2, 0.25) is 5.95 Å². The Morgan fingerprint density at radius 3 is 2.78 bits per heavy atom. The lowest BCUT2D eigenvalue weighted by Gasteiger charge is -2.23. The predicted molar refractivity (Wildman–Crippen MR) is 134 cm³/mol. The van der Waals surface area contributed by atoms with Gasteiger partial charge in [-0.05, 0) is 19.4 Å². The highest BCUT2D eigenvalue weighted by molar-refractivity contribution is 7.53. The number of carbonyl (C=O) groups excluding carboxylic acids is 2. The van der Waals surface area contributed by atoms with Gasteiger partial charge in [0.15, 0.2) is 11.2 Å². The second-order valence-electron chi connectivity index (χ2n) is 7.61. The fourth-order valence-corrected chi connectivity index (χ4v) is 4.56. The molecule has 3 aromatic rings. The molecule has 36 heavy (non-hydrogen) atoms. The maximum absolute atomic E-state index is 12.5. The molecule has 3 rings (SSSR count). The summed E-state index contributed by atoms with van der Waals surface area (Å²) in [5, 5.41) is 6.20. The lowest BCUT2D eigenvalue weighted by molar-refractivity contribution is -0.146. The third-order valence-corrected chi connectivity index (χ3v) is 6.52. The normalized spacial score (nSPS) is 12.8. The highest BCUT2D eigenvalue weighted by atomic mass is 31.1. The topological polar surface area (TPSA) is 175 Å². The van der Waals surface area contributed by atoms with Gasteiger partial charge in [0.05, 0.1) is 40.7 Å². The lowest BCUT2D eigenvalue weighted by atomic mass is 10.2. The number of ether oxygens (including phenoxy) is 3. The van der Waals surface area contributed by atoms with Crippen molar-refractivity contribution in [3.63, 3.8) is 0 Å². The number of nitrogens with zero attached hydrogens (tertiary/aromatic N) is 3. The zero-order valence-electron chi connectivity index (χ0n) is 20.1. The monoisotopic (exact) mass is 519 g/mol. The number of fused-ring (bicyclic) bond motifs is 1. The molecule has 0 spiro atoms. The minimum atomic E-state index is -1.29. The van der Waals surface area contributed by atoms with E-state index in [1.54, 1.807) is 18.4 Å². The molecule has 1 unspecified atom stereocenters. The van der Waals surface area contributed by atoms with Crippen LogP contribution >= 0.6 is 8.22 Å². The summed E-state index contributed by atoms with van der Waals surface area (Å²) in [6, 6.07) is 8.73. The van der Waals surface area contributed by atoms with Crippen molar-refractivity contribution >= 4 is 37.3 Å². The Bertz CT molecular complexity index is 1200. The van der Waals surface area contributed by atoms with Gasteiger partial charge in [0.25, 0.3) is 5.56 Å². The zero-order valence-corrected chi connectivity index (χ0v) is 21.0. The summed E-state index contributed by atoms with van der Waals surface area (Å²) < 4.78 is 17.8. The van der Waals surface area contributed by atoms with Crippen molar-refractivity contribution < 1.29 is 23.8 Å². The Balaban J connectivity index is 1.52. The molecule has 0 aliphatic rings. The van der Waals surface area contributed by atoms with E-state index in [9.17, 15) is 14.4 Å². The number of esters is 2. The fourth-order valence-electron chi connectivity index (χ4n) is 3.09. The molecule has 0 fully saturated rings. The number of nitrogens with one attached hydrogen (secondary N) is 3. The van der Waals surface area contributed by atoms with Crippen LogP contribution in [0, 0.1) is 0 Å². The molecule has 0 radical (unpaired) electrons. The van der Waals surface area contributed by atoms with Crippen molar-refractivity contribution in [2.45, 2.75) is 33.0 Å². The van der Waals surface area contributed by atoms with E-state index in [2.05, 4.69) is 25.1 Å². The molecule has 0 bridgehead atoms. The van der Waals surface area contributed by atoms with Gasteiger partial charge >= 0.3 is 11.9 Å². The number of benzene rings is 1. The van der Waals surface area contributed by atoms with E-state index >= 15 is 0 Å². The minimum Gasteiger partial charge on any atom is -0.465 e. The molecule has 194 valence electrons. The third-order valence-electron chi connectivity index (χ3n) is 4.84. The highest BCUT2D eigenvalue weighted by Gasteiger charge is 2.20. The molecule has 2 atom stereocenters. The predicted octanol–water partition coefficient (Wildman–Crippen LogP) is 0.862. The number of aromatic amines is 1. The zero-order chi connectivity index (χ0) is 25.9. The van der Waals surface area contributed by atoms with Crippen LogP contribution in [0.5, 0.6) is 0 Å². The SMILES string of the molecule is CCOC(=O)CNP(COCCn1cnc2c(=O)[nH]c(N)nc21)N[C@@H](C)C(=O)OCc1ccccc1. The molecule has 0 aliphatic carbocycles. The number of anilines is 1. The molecule has 0 saturated carbocycles. The molecule has 0 aliphatic heterocycles. The summed E-state index contributed by atoms with van der Waals surface area (Å²) in [5.41, 5.74) is 6.64. The molecule has 14 heteroatoms. The summed E-state index contributed by atoms with van der Waals surface area (Å²) >= 11 is 0. The van der Waals surface area contributed by atoms with Crippen molar-refractivity contribution in [1.29, 1.82) is 0 Å². The largest absolute Gasteiger partial charge is 0.465 e. The van der Waals surface area contributed by atoms with Crippen LogP contribution in [0.15, 0.2) is 41.5 Å². The Morgan fingerprint density at radius 1 is 1.25 bits per heavy atom. The fraction of sp³-hybridized carbons (Fsp3) is 0.409. The average molecular weight is 519 g/mol. The summed E-state index contributed by atoms with van der Waals surface area (Å²) in [6.07, 6.45) is 1.68. The maximum Gasteiger partial charge on any atom is 0.323 e. The number of rotatable bonds is 14. The van der Waals surface area contributed by atoms with E-state index in [0.29, 0.717) is 12.2 Å². The van der Waals surface area contributed by atoms with Gasteiger partial charge in [-0.3, -0.25) is 29.5 Å². The van der Waals surface area contributed by atoms with Crippen molar-refractivity contribution in [2.24, 2.45) is 0 Å². The molecule has 0 amide bonds. The molecule has 2 aromatic heterocycles. The van der Waals surface area contributed by atoms with Crippen LogP contribution in [0.2, 0.25) is 0 Å². The van der Waals surface area contributed by atoms with E-state index < -0.39 is 31.8 Å². The Labute approximate surface area is 208 Å². The Hall–Kier alpha value is -3.38. The summed E-state index contributed by atoms with van der Waals surface area (Å²) in [6.45, 7) is 4.42. The van der Waals surface area contributed by atoms with Crippen LogP contribution in [-0.2, 0) is 37.0 Å². The van der Waals surface area contributed by atoms with E-state index in [0.717, 1.165) is 5.56 Å². The molecule has 13 nitrogen and oxygen atoms in total. The number of hydrogen-bond donors (Lipinski definition) is 4. The van der Waals surface area contributed by atoms with E-state index in [-0.39, 0.29) is 44.2 Å². The number of carbonyl (C=O) groups is 2. The van der Waals surface area contributed by atoms with Crippen molar-refractivity contribution in [3.8, 4) is 0 Å². The quantitative estimate of drug-likeness (QED) is 0.135. The number of imidazole rings is 1. The Morgan fingerprint density at radius 2 is 2.03 bits per heavy atom. The lowest BCUT2D eigenvalue weighted by Crippen LogP contribution is -2.37. The van der Waals surface area contributed by atoms with Gasteiger partial charge in [-0.2, -0.15) is 4.98 Å². The Kier molecular flexibility index (Phi) is 10.3. The van der Waals surface area contributed by atoms with Gasteiger partial charge in [0.1, 0.15) is 12.6 Å². The van der Waals surface area contributed by atoms with Gasteiger partial charge in [-0.25, -0.2) is 4.98 Å². The van der Waals surface area contributed by atoms with Crippen LogP contribution in [0.3, 0.4) is 0 Å². The van der Waals surface area contributed by atoms with Crippen molar-refractivity contribution in [2.75, 3.05) is 31.8 Å². The van der Waals surface area contributed by atoms with Gasteiger partial charge in [-0.1, -0.05) is 30.3 Å². The number of hydrogen-bond acceptors (Lipinski definition) is 11. The first-order valence-corrected chi connectivity index (χ1v) is 12.8. The first-order valence-electron chi connectivity index (χ1n) is 11.3. The number of H-pyrrole nitrogens is 1. The van der Waals surface area contributed by atoms with Gasteiger partial charge in [-0.15, -0.1) is 0 Å². The third kappa shape index (κ3) is 8.09. The van der Waals surface area contributed by atoms with E-state index in [1.807, 2.05) is 30.3 Å². The van der Waals surface area contributed by atoms with Crippen molar-refractivity contribution in [1.82, 2.24) is 29.7 Å². The van der Waals surface area contributed by atoms with E-state index in [4.69, 9.17) is 19.9 Å². The van der Waals surface area contributed by atoms with E-state index in [1.165, 1.54) is 6.33 Å². The average Bonchev–Trinajstić information content (AvgIpc) is 3.27. The minimum absolute atomic E-state index is 0.000748. The molecule has 1 aromatic carbocycles. The van der Waals surface area contributed by atoms with Crippen molar-refractivity contribution in [3.05, 3.63) is 52.6 Å². The summed E-state index contributed by atoms with van der Waals surface area (Å²) in [5.74, 6) is -0.841. The second kappa shape index (κ2) is 13.6. The number of aromatic nitrogens is 4. The molecule has 2 heterocycles. The standard InChI is InChI=1S/C22H30N7O6P/c1-3-34-17(30)11-25-36(28-15(2)21(32)35-12-16-7-5-4-6-8-16)14-33-10-9-29-13-24-18-19(29)26-22(23)27-20(18)31/h4-8,13,15,25,28H,3,9-12,14H2,1-2H3,(H3,23,26,27,31)/t15-,36?/m0/s1.